The zero-order valence-corrected chi connectivity index (χ0v) is 11.9. The Bertz CT molecular complexity index is 687. The average Bonchev–Trinajstić information content (AvgIpc) is 2.38. The van der Waals surface area contributed by atoms with Crippen LogP contribution >= 0.6 is 0 Å². The number of ketones is 1. The maximum Gasteiger partial charge on any atom is 0.161 e. The Labute approximate surface area is 119 Å². The third-order valence-corrected chi connectivity index (χ3v) is 3.29. The minimum absolute atomic E-state index is 0.119. The molecule has 0 atom stereocenters. The van der Waals surface area contributed by atoms with Crippen LogP contribution in [0.25, 0.3) is 5.57 Å². The van der Waals surface area contributed by atoms with Crippen molar-refractivity contribution in [1.82, 2.24) is 0 Å². The van der Waals surface area contributed by atoms with Gasteiger partial charge in [-0.1, -0.05) is 29.8 Å². The normalized spacial score (nSPS) is 17.4. The van der Waals surface area contributed by atoms with Crippen molar-refractivity contribution in [1.29, 1.82) is 5.41 Å². The highest BCUT2D eigenvalue weighted by Gasteiger charge is 2.20. The number of hydrogen-bond acceptors (Lipinski definition) is 3. The van der Waals surface area contributed by atoms with Crippen molar-refractivity contribution in [3.8, 4) is 0 Å². The molecule has 3 nitrogen and oxygen atoms in total. The highest BCUT2D eigenvalue weighted by Crippen LogP contribution is 2.28. The Morgan fingerprint density at radius 1 is 1.20 bits per heavy atom. The number of carbonyl (C=O) groups excluding carboxylic acids is 1. The molecule has 1 aromatic carbocycles. The molecule has 0 aromatic heterocycles. The van der Waals surface area contributed by atoms with Gasteiger partial charge in [-0.05, 0) is 44.1 Å². The molecule has 0 spiro atoms. The van der Waals surface area contributed by atoms with Crippen molar-refractivity contribution in [2.45, 2.75) is 20.8 Å². The van der Waals surface area contributed by atoms with Crippen molar-refractivity contribution >= 4 is 17.1 Å². The van der Waals surface area contributed by atoms with Crippen LogP contribution in [-0.4, -0.2) is 11.5 Å². The van der Waals surface area contributed by atoms with Gasteiger partial charge < -0.3 is 5.73 Å². The molecule has 0 bridgehead atoms. The largest absolute Gasteiger partial charge is 0.402 e. The van der Waals surface area contributed by atoms with Crippen molar-refractivity contribution in [3.05, 3.63) is 64.4 Å². The van der Waals surface area contributed by atoms with E-state index in [1.807, 2.05) is 31.2 Å². The van der Waals surface area contributed by atoms with Crippen molar-refractivity contribution < 1.29 is 4.79 Å². The summed E-state index contributed by atoms with van der Waals surface area (Å²) < 4.78 is 0. The first kappa shape index (κ1) is 14.0. The van der Waals surface area contributed by atoms with Crippen molar-refractivity contribution in [3.63, 3.8) is 0 Å². The number of rotatable bonds is 2. The van der Waals surface area contributed by atoms with Gasteiger partial charge in [0.1, 0.15) is 0 Å². The molecule has 0 heterocycles. The van der Waals surface area contributed by atoms with Gasteiger partial charge in [-0.25, -0.2) is 0 Å². The molecule has 0 fully saturated rings. The maximum absolute atomic E-state index is 11.7. The third-order valence-electron chi connectivity index (χ3n) is 3.29. The zero-order chi connectivity index (χ0) is 14.9. The van der Waals surface area contributed by atoms with Crippen LogP contribution in [0, 0.1) is 12.3 Å². The van der Waals surface area contributed by atoms with E-state index >= 15 is 0 Å². The fourth-order valence-electron chi connectivity index (χ4n) is 2.22. The molecular weight excluding hydrogens is 248 g/mol. The Hall–Kier alpha value is -2.42. The molecule has 1 aliphatic carbocycles. The van der Waals surface area contributed by atoms with Gasteiger partial charge in [-0.15, -0.1) is 0 Å². The molecule has 0 amide bonds. The van der Waals surface area contributed by atoms with Crippen LogP contribution < -0.4 is 5.73 Å². The summed E-state index contributed by atoms with van der Waals surface area (Å²) in [7, 11) is 0. The molecule has 20 heavy (non-hydrogen) atoms. The zero-order valence-electron chi connectivity index (χ0n) is 11.9. The maximum atomic E-state index is 11.7. The summed E-state index contributed by atoms with van der Waals surface area (Å²) in [5.41, 5.74) is 10.7. The summed E-state index contributed by atoms with van der Waals surface area (Å²) in [6.07, 6.45) is 3.64. The molecule has 0 saturated heterocycles. The molecule has 2 rings (SSSR count). The lowest BCUT2D eigenvalue weighted by atomic mass is 9.87. The predicted molar refractivity (Wildman–Crippen MR) is 82.5 cm³/mol. The fourth-order valence-corrected chi connectivity index (χ4v) is 2.22. The lowest BCUT2D eigenvalue weighted by molar-refractivity contribution is -0.113. The number of hydrogen-bond donors (Lipinski definition) is 2. The van der Waals surface area contributed by atoms with E-state index in [0.717, 1.165) is 16.7 Å². The summed E-state index contributed by atoms with van der Waals surface area (Å²) >= 11 is 0. The molecule has 1 aliphatic rings. The van der Waals surface area contributed by atoms with Crippen LogP contribution in [0.4, 0.5) is 0 Å². The van der Waals surface area contributed by atoms with E-state index < -0.39 is 0 Å². The van der Waals surface area contributed by atoms with Crippen LogP contribution in [0.2, 0.25) is 0 Å². The number of benzene rings is 1. The summed E-state index contributed by atoms with van der Waals surface area (Å²) in [6, 6.07) is 8.05. The Kier molecular flexibility index (Phi) is 3.70. The van der Waals surface area contributed by atoms with Gasteiger partial charge in [0.05, 0.1) is 5.71 Å². The highest BCUT2D eigenvalue weighted by molar-refractivity contribution is 6.30. The first-order chi connectivity index (χ1) is 9.40. The molecular formula is C17H18N2O. The number of Topliss-reactive ketones (excluding diaryl/α,β-unsaturated/α-hetero) is 1. The van der Waals surface area contributed by atoms with Gasteiger partial charge >= 0.3 is 0 Å². The Morgan fingerprint density at radius 2 is 1.90 bits per heavy atom. The molecule has 0 radical (unpaired) electrons. The number of aryl methyl sites for hydroxylation is 1. The van der Waals surface area contributed by atoms with E-state index in [1.54, 1.807) is 13.0 Å². The summed E-state index contributed by atoms with van der Waals surface area (Å²) in [5.74, 6) is -0.119. The molecule has 0 aliphatic heterocycles. The Morgan fingerprint density at radius 3 is 2.45 bits per heavy atom. The van der Waals surface area contributed by atoms with Gasteiger partial charge in [0.15, 0.2) is 5.78 Å². The summed E-state index contributed by atoms with van der Waals surface area (Å²) in [5, 5.41) is 8.09. The van der Waals surface area contributed by atoms with Gasteiger partial charge in [-0.3, -0.25) is 10.2 Å². The summed E-state index contributed by atoms with van der Waals surface area (Å²) in [4.78, 5) is 11.7. The second kappa shape index (κ2) is 5.29. The minimum atomic E-state index is -0.119. The van der Waals surface area contributed by atoms with Gasteiger partial charge in [0, 0.05) is 16.8 Å². The fraction of sp³-hybridized carbons (Fsp3) is 0.176. The van der Waals surface area contributed by atoms with Crippen LogP contribution in [-0.2, 0) is 4.79 Å². The second-order valence-electron chi connectivity index (χ2n) is 5.06. The van der Waals surface area contributed by atoms with E-state index in [1.165, 1.54) is 6.92 Å². The van der Waals surface area contributed by atoms with E-state index in [9.17, 15) is 4.79 Å². The lowest BCUT2D eigenvalue weighted by Gasteiger charge is -2.17. The highest BCUT2D eigenvalue weighted by atomic mass is 16.1. The third kappa shape index (κ3) is 2.62. The van der Waals surface area contributed by atoms with Crippen LogP contribution in [0.3, 0.4) is 0 Å². The van der Waals surface area contributed by atoms with Gasteiger partial charge in [0.2, 0.25) is 0 Å². The molecule has 102 valence electrons. The summed E-state index contributed by atoms with van der Waals surface area (Å²) in [6.45, 7) is 5.25. The molecule has 0 unspecified atom stereocenters. The van der Waals surface area contributed by atoms with Crippen molar-refractivity contribution in [2.75, 3.05) is 0 Å². The van der Waals surface area contributed by atoms with Crippen LogP contribution in [0.15, 0.2) is 53.3 Å². The first-order valence-corrected chi connectivity index (χ1v) is 6.47. The van der Waals surface area contributed by atoms with E-state index in [4.69, 9.17) is 11.1 Å². The van der Waals surface area contributed by atoms with Crippen LogP contribution in [0.1, 0.15) is 25.0 Å². The number of nitrogens with one attached hydrogen (secondary N) is 1. The average molecular weight is 266 g/mol. The van der Waals surface area contributed by atoms with Crippen LogP contribution in [0.5, 0.6) is 0 Å². The SMILES string of the molecule is CC(=O)C1=CC(c2cccc(C)c2)=C/C(=C(/C)N)C1=N. The Balaban J connectivity index is 2.62. The molecule has 3 heteroatoms. The molecule has 1 aromatic rings. The van der Waals surface area contributed by atoms with Crippen molar-refractivity contribution in [2.24, 2.45) is 5.73 Å². The van der Waals surface area contributed by atoms with E-state index in [-0.39, 0.29) is 11.5 Å². The van der Waals surface area contributed by atoms with E-state index in [0.29, 0.717) is 16.8 Å². The number of carbonyl (C=O) groups is 1. The van der Waals surface area contributed by atoms with Gasteiger partial charge in [0.25, 0.3) is 0 Å². The number of allylic oxidation sites excluding steroid dienone is 6. The smallest absolute Gasteiger partial charge is 0.161 e. The second-order valence-corrected chi connectivity index (χ2v) is 5.06. The predicted octanol–water partition coefficient (Wildman–Crippen LogP) is 3.16. The lowest BCUT2D eigenvalue weighted by Crippen LogP contribution is -2.17. The van der Waals surface area contributed by atoms with Gasteiger partial charge in [-0.2, -0.15) is 0 Å². The molecule has 0 saturated carbocycles. The standard InChI is InChI=1S/C17H18N2O/c1-10-5-4-6-13(7-10)14-8-15(11(2)18)17(19)16(9-14)12(3)20/h4-9,19H,18H2,1-3H3/b15-11+,19-17?. The van der Waals surface area contributed by atoms with E-state index in [2.05, 4.69) is 6.07 Å². The topological polar surface area (TPSA) is 66.9 Å². The monoisotopic (exact) mass is 266 g/mol. The number of nitrogens with two attached hydrogens (primary N) is 1. The first-order valence-electron chi connectivity index (χ1n) is 6.47. The quantitative estimate of drug-likeness (QED) is 0.863. The molecule has 3 N–H and O–H groups in total. The minimum Gasteiger partial charge on any atom is -0.402 e.